The molecular weight excluding hydrogens is 308 g/mol. The molecule has 4 rings (SSSR count). The van der Waals surface area contributed by atoms with Crippen LogP contribution in [-0.4, -0.2) is 9.97 Å². The summed E-state index contributed by atoms with van der Waals surface area (Å²) < 4.78 is 6.11. The lowest BCUT2D eigenvalue weighted by molar-refractivity contribution is 0.411. The fourth-order valence-electron chi connectivity index (χ4n) is 3.32. The molecule has 0 spiro atoms. The summed E-state index contributed by atoms with van der Waals surface area (Å²) in [6, 6.07) is 14.6. The van der Waals surface area contributed by atoms with Gasteiger partial charge in [-0.25, -0.2) is 4.98 Å². The van der Waals surface area contributed by atoms with E-state index in [0.29, 0.717) is 5.71 Å². The van der Waals surface area contributed by atoms with E-state index in [9.17, 15) is 0 Å². The van der Waals surface area contributed by atoms with Crippen molar-refractivity contribution in [1.29, 1.82) is 0 Å². The molecule has 0 atom stereocenters. The molecule has 0 saturated heterocycles. The van der Waals surface area contributed by atoms with Crippen molar-refractivity contribution in [2.24, 2.45) is 5.41 Å². The number of aromatic nitrogens is 2. The normalized spacial score (nSPS) is 12.2. The van der Waals surface area contributed by atoms with Crippen LogP contribution in [0.3, 0.4) is 0 Å². The number of furan rings is 1. The smallest absolute Gasteiger partial charge is 0.227 e. The zero-order valence-corrected chi connectivity index (χ0v) is 15.1. The Kier molecular flexibility index (Phi) is 3.60. The van der Waals surface area contributed by atoms with Gasteiger partial charge in [-0.2, -0.15) is 0 Å². The average molecular weight is 330 g/mol. The molecule has 0 aliphatic rings. The van der Waals surface area contributed by atoms with Crippen LogP contribution in [0.1, 0.15) is 32.0 Å². The second-order valence-electron chi connectivity index (χ2n) is 7.88. The van der Waals surface area contributed by atoms with Crippen molar-refractivity contribution in [3.8, 4) is 11.3 Å². The molecule has 0 fully saturated rings. The van der Waals surface area contributed by atoms with E-state index < -0.39 is 0 Å². The first kappa shape index (κ1) is 15.8. The van der Waals surface area contributed by atoms with E-state index >= 15 is 0 Å². The molecule has 0 aliphatic carbocycles. The Labute approximate surface area is 147 Å². The summed E-state index contributed by atoms with van der Waals surface area (Å²) in [5, 5.41) is 2.14. The van der Waals surface area contributed by atoms with Crippen LogP contribution in [0.4, 0.5) is 0 Å². The van der Waals surface area contributed by atoms with Crippen molar-refractivity contribution in [2.45, 2.75) is 34.1 Å². The summed E-state index contributed by atoms with van der Waals surface area (Å²) in [6.07, 6.45) is 2.90. The first-order chi connectivity index (χ1) is 11.9. The lowest BCUT2D eigenvalue weighted by Crippen LogP contribution is -2.09. The molecule has 0 unspecified atom stereocenters. The fraction of sp³-hybridized carbons (Fsp3) is 0.273. The van der Waals surface area contributed by atoms with Gasteiger partial charge in [-0.15, -0.1) is 0 Å². The van der Waals surface area contributed by atoms with Crippen LogP contribution in [0, 0.1) is 12.3 Å². The van der Waals surface area contributed by atoms with Gasteiger partial charge in [-0.3, -0.25) is 4.98 Å². The summed E-state index contributed by atoms with van der Waals surface area (Å²) in [7, 11) is 0. The molecule has 126 valence electrons. The highest BCUT2D eigenvalue weighted by molar-refractivity contribution is 6.08. The molecule has 25 heavy (non-hydrogen) atoms. The minimum atomic E-state index is 0.242. The van der Waals surface area contributed by atoms with Gasteiger partial charge in [-0.05, 0) is 54.7 Å². The molecule has 0 bridgehead atoms. The molecular formula is C22H22N2O. The molecule has 0 amide bonds. The Morgan fingerprint density at radius 2 is 1.84 bits per heavy atom. The van der Waals surface area contributed by atoms with E-state index in [1.807, 2.05) is 19.2 Å². The minimum absolute atomic E-state index is 0.242. The molecule has 3 heteroatoms. The van der Waals surface area contributed by atoms with Crippen molar-refractivity contribution in [1.82, 2.24) is 9.97 Å². The molecule has 0 saturated carbocycles. The largest absolute Gasteiger partial charge is 0.437 e. The predicted molar refractivity (Wildman–Crippen MR) is 103 cm³/mol. The number of hydrogen-bond donors (Lipinski definition) is 0. The third kappa shape index (κ3) is 3.02. The monoisotopic (exact) mass is 330 g/mol. The maximum Gasteiger partial charge on any atom is 0.227 e. The van der Waals surface area contributed by atoms with Gasteiger partial charge in [0.2, 0.25) is 5.71 Å². The molecule has 3 nitrogen and oxygen atoms in total. The molecule has 0 aliphatic heterocycles. The van der Waals surface area contributed by atoms with E-state index in [2.05, 4.69) is 67.1 Å². The van der Waals surface area contributed by atoms with E-state index in [1.165, 1.54) is 5.56 Å². The highest BCUT2D eigenvalue weighted by Crippen LogP contribution is 2.35. The third-order valence-electron chi connectivity index (χ3n) is 4.34. The maximum absolute atomic E-state index is 6.11. The quantitative estimate of drug-likeness (QED) is 0.456. The van der Waals surface area contributed by atoms with Gasteiger partial charge in [0.1, 0.15) is 5.58 Å². The third-order valence-corrected chi connectivity index (χ3v) is 4.34. The zero-order chi connectivity index (χ0) is 17.6. The van der Waals surface area contributed by atoms with Crippen molar-refractivity contribution >= 4 is 22.1 Å². The Morgan fingerprint density at radius 3 is 2.64 bits per heavy atom. The minimum Gasteiger partial charge on any atom is -0.437 e. The highest BCUT2D eigenvalue weighted by Gasteiger charge is 2.16. The maximum atomic E-state index is 6.11. The van der Waals surface area contributed by atoms with E-state index in [-0.39, 0.29) is 5.41 Å². The van der Waals surface area contributed by atoms with Crippen LogP contribution >= 0.6 is 0 Å². The topological polar surface area (TPSA) is 38.9 Å². The number of benzene rings is 1. The second-order valence-corrected chi connectivity index (χ2v) is 7.88. The highest BCUT2D eigenvalue weighted by atomic mass is 16.3. The van der Waals surface area contributed by atoms with Gasteiger partial charge in [0.05, 0.1) is 5.69 Å². The van der Waals surface area contributed by atoms with Crippen LogP contribution in [0.15, 0.2) is 53.1 Å². The SMILES string of the molecule is Cc1ccc2c(n1)oc1c(-c3cc(CC(C)(C)C)ccn3)cccc12. The summed E-state index contributed by atoms with van der Waals surface area (Å²) >= 11 is 0. The van der Waals surface area contributed by atoms with Crippen LogP contribution in [0.2, 0.25) is 0 Å². The first-order valence-electron chi connectivity index (χ1n) is 8.65. The fourth-order valence-corrected chi connectivity index (χ4v) is 3.32. The van der Waals surface area contributed by atoms with Gasteiger partial charge in [0.25, 0.3) is 0 Å². The van der Waals surface area contributed by atoms with Crippen LogP contribution in [0.25, 0.3) is 33.3 Å². The van der Waals surface area contributed by atoms with Crippen molar-refractivity contribution in [3.63, 3.8) is 0 Å². The van der Waals surface area contributed by atoms with Gasteiger partial charge < -0.3 is 4.42 Å². The number of rotatable bonds is 2. The molecule has 1 aromatic carbocycles. The van der Waals surface area contributed by atoms with Crippen molar-refractivity contribution in [2.75, 3.05) is 0 Å². The van der Waals surface area contributed by atoms with E-state index in [1.54, 1.807) is 0 Å². The summed E-state index contributed by atoms with van der Waals surface area (Å²) in [5.41, 5.74) is 6.00. The van der Waals surface area contributed by atoms with Crippen LogP contribution in [-0.2, 0) is 6.42 Å². The van der Waals surface area contributed by atoms with E-state index in [4.69, 9.17) is 4.42 Å². The molecule has 4 aromatic rings. The van der Waals surface area contributed by atoms with Gasteiger partial charge >= 0.3 is 0 Å². The van der Waals surface area contributed by atoms with Crippen molar-refractivity contribution < 1.29 is 4.42 Å². The lowest BCUT2D eigenvalue weighted by atomic mass is 9.88. The molecule has 3 aromatic heterocycles. The van der Waals surface area contributed by atoms with Crippen molar-refractivity contribution in [3.05, 3.63) is 59.9 Å². The van der Waals surface area contributed by atoms with Gasteiger partial charge in [-0.1, -0.05) is 32.9 Å². The summed E-state index contributed by atoms with van der Waals surface area (Å²) in [4.78, 5) is 9.12. The number of nitrogens with zero attached hydrogens (tertiary/aromatic N) is 2. The standard InChI is InChI=1S/C22H22N2O/c1-14-8-9-17-16-6-5-7-18(20(16)25-21(17)24-14)19-12-15(10-11-23-19)13-22(2,3)4/h5-12H,13H2,1-4H3. The Balaban J connectivity index is 1.89. The summed E-state index contributed by atoms with van der Waals surface area (Å²) in [6.45, 7) is 8.73. The van der Waals surface area contributed by atoms with Crippen LogP contribution in [0.5, 0.6) is 0 Å². The summed E-state index contributed by atoms with van der Waals surface area (Å²) in [5.74, 6) is 0. The number of para-hydroxylation sites is 1. The number of fused-ring (bicyclic) bond motifs is 3. The molecule has 0 radical (unpaired) electrons. The Morgan fingerprint density at radius 1 is 1.00 bits per heavy atom. The van der Waals surface area contributed by atoms with Gasteiger partial charge in [0, 0.05) is 28.2 Å². The van der Waals surface area contributed by atoms with Crippen LogP contribution < -0.4 is 0 Å². The number of hydrogen-bond acceptors (Lipinski definition) is 3. The average Bonchev–Trinajstić information content (AvgIpc) is 2.90. The van der Waals surface area contributed by atoms with Gasteiger partial charge in [0.15, 0.2) is 0 Å². The zero-order valence-electron chi connectivity index (χ0n) is 15.1. The number of pyridine rings is 2. The Bertz CT molecular complexity index is 1070. The molecule has 0 N–H and O–H groups in total. The number of aryl methyl sites for hydroxylation is 1. The second kappa shape index (κ2) is 5.69. The predicted octanol–water partition coefficient (Wildman–Crippen LogP) is 5.94. The van der Waals surface area contributed by atoms with E-state index in [0.717, 1.165) is 39.7 Å². The Hall–Kier alpha value is -2.68. The lowest BCUT2D eigenvalue weighted by Gasteiger charge is -2.18. The first-order valence-corrected chi connectivity index (χ1v) is 8.65. The molecule has 3 heterocycles.